The molecule has 1 aliphatic carbocycles. The zero-order valence-electron chi connectivity index (χ0n) is 20.2. The van der Waals surface area contributed by atoms with E-state index in [9.17, 15) is 18.0 Å². The monoisotopic (exact) mass is 573 g/mol. The van der Waals surface area contributed by atoms with Crippen LogP contribution < -0.4 is 9.62 Å². The van der Waals surface area contributed by atoms with E-state index in [1.165, 1.54) is 17.0 Å². The number of hydrogen-bond donors (Lipinski definition) is 1. The van der Waals surface area contributed by atoms with Crippen LogP contribution in [0.4, 0.5) is 5.69 Å². The summed E-state index contributed by atoms with van der Waals surface area (Å²) in [7, 11) is -3.83. The quantitative estimate of drug-likeness (QED) is 0.418. The van der Waals surface area contributed by atoms with E-state index >= 15 is 0 Å². The summed E-state index contributed by atoms with van der Waals surface area (Å²) < 4.78 is 26.3. The molecular formula is C25H30Cl3N3O4S. The molecule has 0 radical (unpaired) electrons. The van der Waals surface area contributed by atoms with Gasteiger partial charge >= 0.3 is 0 Å². The van der Waals surface area contributed by atoms with E-state index in [1.807, 2.05) is 0 Å². The molecule has 2 amide bonds. The van der Waals surface area contributed by atoms with Gasteiger partial charge < -0.3 is 10.2 Å². The van der Waals surface area contributed by atoms with Gasteiger partial charge in [-0.05, 0) is 55.7 Å². The maximum absolute atomic E-state index is 13.7. The lowest BCUT2D eigenvalue weighted by atomic mass is 10.1. The van der Waals surface area contributed by atoms with Gasteiger partial charge in [0.1, 0.15) is 12.6 Å². The third-order valence-corrected chi connectivity index (χ3v) is 8.37. The molecule has 0 heterocycles. The molecule has 0 aromatic heterocycles. The number of hydrogen-bond acceptors (Lipinski definition) is 4. The van der Waals surface area contributed by atoms with Crippen LogP contribution in [-0.4, -0.2) is 50.0 Å². The topological polar surface area (TPSA) is 86.8 Å². The van der Waals surface area contributed by atoms with E-state index in [1.54, 1.807) is 37.3 Å². The SMILES string of the molecule is CC[C@@H](C(=O)NC1CCCC1)N(Cc1c(Cl)cccc1Cl)C(=O)CN(c1ccc(Cl)cc1)S(C)(=O)=O. The van der Waals surface area contributed by atoms with Gasteiger partial charge in [-0.3, -0.25) is 13.9 Å². The van der Waals surface area contributed by atoms with Crippen molar-refractivity contribution in [2.45, 2.75) is 57.7 Å². The van der Waals surface area contributed by atoms with Crippen molar-refractivity contribution in [1.82, 2.24) is 10.2 Å². The Morgan fingerprint density at radius 3 is 2.14 bits per heavy atom. The third kappa shape index (κ3) is 7.28. The molecule has 11 heteroatoms. The predicted molar refractivity (Wildman–Crippen MR) is 145 cm³/mol. The second kappa shape index (κ2) is 12.5. The Bertz CT molecular complexity index is 1170. The number of carbonyl (C=O) groups excluding carboxylic acids is 2. The van der Waals surface area contributed by atoms with Gasteiger partial charge in [-0.15, -0.1) is 0 Å². The van der Waals surface area contributed by atoms with E-state index in [4.69, 9.17) is 34.8 Å². The van der Waals surface area contributed by atoms with E-state index in [-0.39, 0.29) is 24.2 Å². The van der Waals surface area contributed by atoms with Crippen molar-refractivity contribution in [2.24, 2.45) is 0 Å². The Morgan fingerprint density at radius 2 is 1.61 bits per heavy atom. The van der Waals surface area contributed by atoms with Crippen molar-refractivity contribution in [1.29, 1.82) is 0 Å². The molecule has 0 aliphatic heterocycles. The Morgan fingerprint density at radius 1 is 1.03 bits per heavy atom. The lowest BCUT2D eigenvalue weighted by Crippen LogP contribution is -2.53. The highest BCUT2D eigenvalue weighted by atomic mass is 35.5. The number of nitrogens with one attached hydrogen (secondary N) is 1. The van der Waals surface area contributed by atoms with Gasteiger partial charge in [0.2, 0.25) is 21.8 Å². The highest BCUT2D eigenvalue weighted by Gasteiger charge is 2.33. The van der Waals surface area contributed by atoms with Gasteiger partial charge in [-0.1, -0.05) is 60.6 Å². The van der Waals surface area contributed by atoms with Crippen LogP contribution in [0.1, 0.15) is 44.6 Å². The normalized spacial score (nSPS) is 14.9. The molecule has 3 rings (SSSR count). The molecule has 0 spiro atoms. The van der Waals surface area contributed by atoms with Crippen LogP contribution in [-0.2, 0) is 26.2 Å². The zero-order chi connectivity index (χ0) is 26.5. The number of carbonyl (C=O) groups is 2. The van der Waals surface area contributed by atoms with E-state index in [0.717, 1.165) is 36.2 Å². The van der Waals surface area contributed by atoms with Crippen LogP contribution in [0.3, 0.4) is 0 Å². The summed E-state index contributed by atoms with van der Waals surface area (Å²) in [6, 6.07) is 10.4. The van der Waals surface area contributed by atoms with Gasteiger partial charge in [-0.25, -0.2) is 8.42 Å². The van der Waals surface area contributed by atoms with Crippen LogP contribution >= 0.6 is 34.8 Å². The molecule has 1 aliphatic rings. The lowest BCUT2D eigenvalue weighted by Gasteiger charge is -2.33. The Hall–Kier alpha value is -2.00. The summed E-state index contributed by atoms with van der Waals surface area (Å²) in [4.78, 5) is 28.4. The second-order valence-electron chi connectivity index (χ2n) is 8.88. The number of benzene rings is 2. The Labute approximate surface area is 227 Å². The molecule has 7 nitrogen and oxygen atoms in total. The molecule has 1 fully saturated rings. The Balaban J connectivity index is 1.96. The number of nitrogens with zero attached hydrogens (tertiary/aromatic N) is 2. The number of amides is 2. The molecule has 2 aromatic carbocycles. The average Bonchev–Trinajstić information content (AvgIpc) is 3.32. The third-order valence-electron chi connectivity index (χ3n) is 6.27. The summed E-state index contributed by atoms with van der Waals surface area (Å²) in [5.74, 6) is -0.835. The average molecular weight is 575 g/mol. The van der Waals surface area contributed by atoms with E-state index in [2.05, 4.69) is 5.32 Å². The Kier molecular flexibility index (Phi) is 9.92. The van der Waals surface area contributed by atoms with Crippen molar-refractivity contribution in [3.8, 4) is 0 Å². The van der Waals surface area contributed by atoms with Gasteiger partial charge in [0.15, 0.2) is 0 Å². The minimum atomic E-state index is -3.83. The van der Waals surface area contributed by atoms with Crippen molar-refractivity contribution in [3.63, 3.8) is 0 Å². The van der Waals surface area contributed by atoms with Gasteiger partial charge in [-0.2, -0.15) is 0 Å². The van der Waals surface area contributed by atoms with E-state index < -0.39 is 28.5 Å². The summed E-state index contributed by atoms with van der Waals surface area (Å²) in [5, 5.41) is 4.19. The number of rotatable bonds is 10. The first-order valence-corrected chi connectivity index (χ1v) is 14.8. The summed E-state index contributed by atoms with van der Waals surface area (Å²) >= 11 is 18.7. The fourth-order valence-electron chi connectivity index (χ4n) is 4.36. The maximum Gasteiger partial charge on any atom is 0.244 e. The molecule has 2 aromatic rings. The van der Waals surface area contributed by atoms with Crippen molar-refractivity contribution in [3.05, 3.63) is 63.1 Å². The smallest absolute Gasteiger partial charge is 0.244 e. The summed E-state index contributed by atoms with van der Waals surface area (Å²) in [6.45, 7) is 1.25. The van der Waals surface area contributed by atoms with Crippen LogP contribution in [0.25, 0.3) is 0 Å². The molecule has 1 N–H and O–H groups in total. The second-order valence-corrected chi connectivity index (χ2v) is 12.0. The maximum atomic E-state index is 13.7. The molecule has 196 valence electrons. The summed E-state index contributed by atoms with van der Waals surface area (Å²) in [6.07, 6.45) is 5.23. The lowest BCUT2D eigenvalue weighted by molar-refractivity contribution is -0.140. The minimum Gasteiger partial charge on any atom is -0.352 e. The fourth-order valence-corrected chi connectivity index (χ4v) is 5.85. The largest absolute Gasteiger partial charge is 0.352 e. The molecule has 1 atom stereocenters. The van der Waals surface area contributed by atoms with E-state index in [0.29, 0.717) is 27.1 Å². The molecule has 1 saturated carbocycles. The molecule has 0 bridgehead atoms. The van der Waals surface area contributed by atoms with Crippen molar-refractivity contribution in [2.75, 3.05) is 17.1 Å². The molecule has 0 unspecified atom stereocenters. The fraction of sp³-hybridized carbons (Fsp3) is 0.440. The van der Waals surface area contributed by atoms with Crippen LogP contribution in [0.15, 0.2) is 42.5 Å². The first-order valence-electron chi connectivity index (χ1n) is 11.8. The molecular weight excluding hydrogens is 545 g/mol. The van der Waals surface area contributed by atoms with Crippen LogP contribution in [0, 0.1) is 0 Å². The molecule has 0 saturated heterocycles. The van der Waals surface area contributed by atoms with Gasteiger partial charge in [0.05, 0.1) is 11.9 Å². The van der Waals surface area contributed by atoms with Gasteiger partial charge in [0, 0.05) is 33.2 Å². The van der Waals surface area contributed by atoms with Crippen molar-refractivity contribution < 1.29 is 18.0 Å². The zero-order valence-corrected chi connectivity index (χ0v) is 23.3. The minimum absolute atomic E-state index is 0.0495. The highest BCUT2D eigenvalue weighted by molar-refractivity contribution is 7.92. The van der Waals surface area contributed by atoms with Crippen molar-refractivity contribution >= 4 is 62.3 Å². The standard InChI is InChI=1S/C25H30Cl3N3O4S/c1-3-23(25(33)29-18-7-4-5-8-18)30(15-20-21(27)9-6-10-22(20)28)24(32)16-31(36(2,34)35)19-13-11-17(26)12-14-19/h6,9-14,18,23H,3-5,7-8,15-16H2,1-2H3,(H,29,33)/t23-/m0/s1. The first kappa shape index (κ1) is 28.6. The predicted octanol–water partition coefficient (Wildman–Crippen LogP) is 5.28. The van der Waals surface area contributed by atoms with Crippen LogP contribution in [0.2, 0.25) is 15.1 Å². The van der Waals surface area contributed by atoms with Crippen LogP contribution in [0.5, 0.6) is 0 Å². The summed E-state index contributed by atoms with van der Waals surface area (Å²) in [5.41, 5.74) is 0.771. The molecule has 36 heavy (non-hydrogen) atoms. The number of anilines is 1. The number of sulfonamides is 1. The number of halogens is 3. The van der Waals surface area contributed by atoms with Gasteiger partial charge in [0.25, 0.3) is 0 Å². The first-order chi connectivity index (χ1) is 17.0. The highest BCUT2D eigenvalue weighted by Crippen LogP contribution is 2.28.